The number of amides is 2. The van der Waals surface area contributed by atoms with Crippen molar-refractivity contribution in [2.24, 2.45) is 0 Å². The van der Waals surface area contributed by atoms with E-state index in [1.165, 1.54) is 4.88 Å². The topological polar surface area (TPSA) is 48.5 Å². The van der Waals surface area contributed by atoms with Crippen LogP contribution in [0.15, 0.2) is 0 Å². The van der Waals surface area contributed by atoms with Crippen LogP contribution in [0, 0.1) is 13.8 Å². The minimum absolute atomic E-state index is 0.173. The van der Waals surface area contributed by atoms with E-state index in [0.29, 0.717) is 12.6 Å². The van der Waals surface area contributed by atoms with Crippen LogP contribution in [0.4, 0.5) is 4.79 Å². The summed E-state index contributed by atoms with van der Waals surface area (Å²) < 4.78 is 0. The molecule has 0 radical (unpaired) electrons. The molecule has 18 heavy (non-hydrogen) atoms. The molecule has 2 aliphatic rings. The molecule has 1 aromatic heterocycles. The Kier molecular flexibility index (Phi) is 2.99. The molecular formula is C12H18N4OS. The number of carbonyl (C=O) groups excluding carboxylic acids is 1. The number of nitrogens with zero attached hydrogens (tertiary/aromatic N) is 3. The summed E-state index contributed by atoms with van der Waals surface area (Å²) in [6.45, 7) is 8.23. The molecule has 98 valence electrons. The molecule has 1 aromatic rings. The van der Waals surface area contributed by atoms with Gasteiger partial charge in [0.25, 0.3) is 0 Å². The van der Waals surface area contributed by atoms with Crippen LogP contribution in [0.5, 0.6) is 0 Å². The van der Waals surface area contributed by atoms with Crippen molar-refractivity contribution in [3.8, 4) is 0 Å². The number of fused-ring (bicyclic) bond motifs is 1. The first-order valence-electron chi connectivity index (χ1n) is 6.34. The van der Waals surface area contributed by atoms with E-state index in [4.69, 9.17) is 0 Å². The smallest absolute Gasteiger partial charge is 0.317 e. The summed E-state index contributed by atoms with van der Waals surface area (Å²) in [4.78, 5) is 21.9. The van der Waals surface area contributed by atoms with Crippen LogP contribution in [-0.4, -0.2) is 53.0 Å². The average molecular weight is 266 g/mol. The van der Waals surface area contributed by atoms with E-state index in [9.17, 15) is 4.79 Å². The van der Waals surface area contributed by atoms with Crippen molar-refractivity contribution >= 4 is 17.4 Å². The fourth-order valence-electron chi connectivity index (χ4n) is 2.59. The normalized spacial score (nSPS) is 23.7. The zero-order chi connectivity index (χ0) is 12.7. The predicted molar refractivity (Wildman–Crippen MR) is 70.8 cm³/mol. The Morgan fingerprint density at radius 1 is 1.50 bits per heavy atom. The highest BCUT2D eigenvalue weighted by Crippen LogP contribution is 2.23. The quantitative estimate of drug-likeness (QED) is 0.867. The molecule has 1 atom stereocenters. The van der Waals surface area contributed by atoms with E-state index in [1.807, 2.05) is 16.7 Å². The van der Waals surface area contributed by atoms with Crippen molar-refractivity contribution in [2.75, 3.05) is 26.2 Å². The number of rotatable bonds is 2. The monoisotopic (exact) mass is 266 g/mol. The van der Waals surface area contributed by atoms with Gasteiger partial charge in [-0.15, -0.1) is 11.3 Å². The minimum atomic E-state index is 0.173. The van der Waals surface area contributed by atoms with Crippen LogP contribution in [0.3, 0.4) is 0 Å². The average Bonchev–Trinajstić information content (AvgIpc) is 2.83. The summed E-state index contributed by atoms with van der Waals surface area (Å²) in [5, 5.41) is 4.39. The highest BCUT2D eigenvalue weighted by molar-refractivity contribution is 7.11. The SMILES string of the molecule is Cc1nc(CN2CC3CNCCN3C2=O)sc1C. The standard InChI is InChI=1S/C12H18N4OS/c1-8-9(2)18-11(14-8)7-15-6-10-5-13-3-4-16(10)12(15)17/h10,13H,3-7H2,1-2H3. The Hall–Kier alpha value is -1.14. The third-order valence-corrected chi connectivity index (χ3v) is 4.75. The number of hydrogen-bond acceptors (Lipinski definition) is 4. The van der Waals surface area contributed by atoms with E-state index in [-0.39, 0.29) is 6.03 Å². The lowest BCUT2D eigenvalue weighted by atomic mass is 10.2. The van der Waals surface area contributed by atoms with Gasteiger partial charge in [-0.3, -0.25) is 0 Å². The molecule has 0 aromatic carbocycles. The van der Waals surface area contributed by atoms with Gasteiger partial charge >= 0.3 is 6.03 Å². The van der Waals surface area contributed by atoms with Gasteiger partial charge in [-0.2, -0.15) is 0 Å². The molecule has 1 unspecified atom stereocenters. The Balaban J connectivity index is 1.72. The predicted octanol–water partition coefficient (Wildman–Crippen LogP) is 0.969. The lowest BCUT2D eigenvalue weighted by Gasteiger charge is -2.28. The third kappa shape index (κ3) is 1.99. The molecule has 2 saturated heterocycles. The highest BCUT2D eigenvalue weighted by Gasteiger charge is 2.38. The fraction of sp³-hybridized carbons (Fsp3) is 0.667. The van der Waals surface area contributed by atoms with Crippen LogP contribution in [-0.2, 0) is 6.54 Å². The second kappa shape index (κ2) is 4.51. The second-order valence-corrected chi connectivity index (χ2v) is 6.25. The number of carbonyl (C=O) groups is 1. The Morgan fingerprint density at radius 2 is 2.33 bits per heavy atom. The third-order valence-electron chi connectivity index (χ3n) is 3.70. The molecule has 0 saturated carbocycles. The van der Waals surface area contributed by atoms with Crippen molar-refractivity contribution in [3.63, 3.8) is 0 Å². The summed E-state index contributed by atoms with van der Waals surface area (Å²) in [7, 11) is 0. The summed E-state index contributed by atoms with van der Waals surface area (Å²) in [6.07, 6.45) is 0. The first-order valence-corrected chi connectivity index (χ1v) is 7.16. The number of aromatic nitrogens is 1. The van der Waals surface area contributed by atoms with Crippen molar-refractivity contribution in [2.45, 2.75) is 26.4 Å². The number of nitrogens with one attached hydrogen (secondary N) is 1. The molecule has 6 heteroatoms. The van der Waals surface area contributed by atoms with Gasteiger partial charge in [-0.05, 0) is 13.8 Å². The van der Waals surface area contributed by atoms with Crippen LogP contribution < -0.4 is 5.32 Å². The van der Waals surface area contributed by atoms with Gasteiger partial charge in [0.15, 0.2) is 0 Å². The first kappa shape index (κ1) is 11.9. The fourth-order valence-corrected chi connectivity index (χ4v) is 3.54. The Labute approximate surface area is 111 Å². The maximum absolute atomic E-state index is 12.2. The van der Waals surface area contributed by atoms with E-state index < -0.39 is 0 Å². The number of hydrogen-bond donors (Lipinski definition) is 1. The van der Waals surface area contributed by atoms with Gasteiger partial charge in [0, 0.05) is 31.1 Å². The first-order chi connectivity index (χ1) is 8.65. The number of piperazine rings is 1. The largest absolute Gasteiger partial charge is 0.320 e. The van der Waals surface area contributed by atoms with Crippen LogP contribution in [0.2, 0.25) is 0 Å². The maximum Gasteiger partial charge on any atom is 0.320 e. The van der Waals surface area contributed by atoms with Gasteiger partial charge in [-0.1, -0.05) is 0 Å². The van der Waals surface area contributed by atoms with E-state index in [2.05, 4.69) is 17.2 Å². The second-order valence-electron chi connectivity index (χ2n) is 4.96. The molecule has 2 amide bonds. The molecule has 2 fully saturated rings. The van der Waals surface area contributed by atoms with E-state index in [1.54, 1.807) is 11.3 Å². The summed E-state index contributed by atoms with van der Waals surface area (Å²) >= 11 is 1.70. The summed E-state index contributed by atoms with van der Waals surface area (Å²) in [5.41, 5.74) is 1.08. The number of aryl methyl sites for hydroxylation is 2. The summed E-state index contributed by atoms with van der Waals surface area (Å²) in [5.74, 6) is 0. The molecule has 0 spiro atoms. The van der Waals surface area contributed by atoms with Crippen molar-refractivity contribution in [3.05, 3.63) is 15.6 Å². The van der Waals surface area contributed by atoms with Crippen LogP contribution in [0.1, 0.15) is 15.6 Å². The molecule has 3 rings (SSSR count). The van der Waals surface area contributed by atoms with Gasteiger partial charge in [-0.25, -0.2) is 9.78 Å². The van der Waals surface area contributed by atoms with Gasteiger partial charge in [0.2, 0.25) is 0 Å². The Morgan fingerprint density at radius 3 is 3.00 bits per heavy atom. The van der Waals surface area contributed by atoms with E-state index >= 15 is 0 Å². The molecule has 1 N–H and O–H groups in total. The lowest BCUT2D eigenvalue weighted by molar-refractivity contribution is 0.178. The van der Waals surface area contributed by atoms with Gasteiger partial charge in [0.05, 0.1) is 18.3 Å². The molecule has 0 aliphatic carbocycles. The summed E-state index contributed by atoms with van der Waals surface area (Å²) in [6, 6.07) is 0.514. The van der Waals surface area contributed by atoms with Crippen molar-refractivity contribution in [1.29, 1.82) is 0 Å². The highest BCUT2D eigenvalue weighted by atomic mass is 32.1. The zero-order valence-corrected chi connectivity index (χ0v) is 11.6. The molecule has 5 nitrogen and oxygen atoms in total. The molecule has 2 aliphatic heterocycles. The van der Waals surface area contributed by atoms with E-state index in [0.717, 1.165) is 36.9 Å². The molecule has 3 heterocycles. The van der Waals surface area contributed by atoms with Crippen molar-refractivity contribution < 1.29 is 4.79 Å². The number of thiazole rings is 1. The maximum atomic E-state index is 12.2. The number of urea groups is 1. The van der Waals surface area contributed by atoms with Gasteiger partial charge < -0.3 is 15.1 Å². The Bertz CT molecular complexity index is 453. The lowest BCUT2D eigenvalue weighted by Crippen LogP contribution is -2.49. The molecular weight excluding hydrogens is 248 g/mol. The van der Waals surface area contributed by atoms with Crippen LogP contribution >= 0.6 is 11.3 Å². The molecule has 0 bridgehead atoms. The minimum Gasteiger partial charge on any atom is -0.317 e. The van der Waals surface area contributed by atoms with Gasteiger partial charge in [0.1, 0.15) is 5.01 Å². The van der Waals surface area contributed by atoms with Crippen molar-refractivity contribution in [1.82, 2.24) is 20.1 Å². The zero-order valence-electron chi connectivity index (χ0n) is 10.8. The van der Waals surface area contributed by atoms with Crippen LogP contribution in [0.25, 0.3) is 0 Å².